The van der Waals surface area contributed by atoms with Gasteiger partial charge in [0.15, 0.2) is 0 Å². The molecule has 0 radical (unpaired) electrons. The molecule has 1 aromatic carbocycles. The number of benzene rings is 1. The second-order valence-corrected chi connectivity index (χ2v) is 7.50. The Labute approximate surface area is 147 Å². The fourth-order valence-electron chi connectivity index (χ4n) is 3.23. The van der Waals surface area contributed by atoms with E-state index in [0.717, 1.165) is 18.1 Å². The Morgan fingerprint density at radius 2 is 1.96 bits per heavy atom. The molecule has 24 heavy (non-hydrogen) atoms. The van der Waals surface area contributed by atoms with E-state index in [-0.39, 0.29) is 17.9 Å². The average molecular weight is 347 g/mol. The molecular formula is C18H25N3O2S. The number of carbonyl (C=O) groups is 2. The lowest BCUT2D eigenvalue weighted by molar-refractivity contribution is -0.140. The first-order valence-corrected chi connectivity index (χ1v) is 9.72. The van der Waals surface area contributed by atoms with Crippen LogP contribution < -0.4 is 5.32 Å². The molecule has 1 aromatic rings. The topological polar surface area (TPSA) is 52.7 Å². The molecule has 2 saturated heterocycles. The molecular weight excluding hydrogens is 322 g/mol. The monoisotopic (exact) mass is 347 g/mol. The van der Waals surface area contributed by atoms with E-state index in [1.165, 1.54) is 11.1 Å². The molecule has 2 aliphatic heterocycles. The van der Waals surface area contributed by atoms with Gasteiger partial charge in [-0.3, -0.25) is 14.9 Å². The third-order valence-electron chi connectivity index (χ3n) is 4.67. The smallest absolute Gasteiger partial charge is 0.240 e. The number of hydrogen-bond donors (Lipinski definition) is 1. The largest absolute Gasteiger partial charge is 0.339 e. The van der Waals surface area contributed by atoms with Crippen LogP contribution in [0.3, 0.4) is 0 Å². The Morgan fingerprint density at radius 1 is 1.21 bits per heavy atom. The van der Waals surface area contributed by atoms with Gasteiger partial charge in [0.2, 0.25) is 11.8 Å². The Kier molecular flexibility index (Phi) is 5.79. The zero-order valence-corrected chi connectivity index (χ0v) is 15.0. The molecule has 6 heteroatoms. The molecule has 2 amide bonds. The summed E-state index contributed by atoms with van der Waals surface area (Å²) in [4.78, 5) is 28.6. The minimum Gasteiger partial charge on any atom is -0.339 e. The number of thioether (sulfide) groups is 1. The van der Waals surface area contributed by atoms with E-state index in [9.17, 15) is 9.59 Å². The van der Waals surface area contributed by atoms with Gasteiger partial charge >= 0.3 is 0 Å². The number of piperazine rings is 1. The average Bonchev–Trinajstić information content (AvgIpc) is 3.14. The summed E-state index contributed by atoms with van der Waals surface area (Å²) in [6.07, 6.45) is 1.32. The molecule has 0 aromatic heterocycles. The van der Waals surface area contributed by atoms with Crippen LogP contribution in [0, 0.1) is 6.92 Å². The van der Waals surface area contributed by atoms with Crippen molar-refractivity contribution in [2.75, 3.05) is 37.8 Å². The number of aryl methyl sites for hydroxylation is 2. The lowest BCUT2D eigenvalue weighted by Gasteiger charge is -2.36. The fraction of sp³-hybridized carbons (Fsp3) is 0.556. The number of amides is 2. The van der Waals surface area contributed by atoms with Crippen molar-refractivity contribution in [2.24, 2.45) is 0 Å². The van der Waals surface area contributed by atoms with E-state index < -0.39 is 0 Å². The van der Waals surface area contributed by atoms with Crippen LogP contribution in [0.5, 0.6) is 0 Å². The van der Waals surface area contributed by atoms with Gasteiger partial charge in [-0.25, -0.2) is 0 Å². The number of nitrogens with zero attached hydrogens (tertiary/aromatic N) is 2. The second-order valence-electron chi connectivity index (χ2n) is 6.47. The van der Waals surface area contributed by atoms with Crippen molar-refractivity contribution in [3.8, 4) is 0 Å². The number of carbonyl (C=O) groups excluding carboxylic acids is 2. The summed E-state index contributed by atoms with van der Waals surface area (Å²) < 4.78 is 0. The van der Waals surface area contributed by atoms with Crippen LogP contribution in [0.15, 0.2) is 24.3 Å². The maximum atomic E-state index is 12.4. The SMILES string of the molecule is Cc1cccc(CCC(=O)N2CCN(C(=O)C3CSCN3)CC2)c1. The number of nitrogens with one attached hydrogen (secondary N) is 1. The molecule has 1 atom stereocenters. The molecule has 0 aliphatic carbocycles. The van der Waals surface area contributed by atoms with Crippen LogP contribution in [-0.2, 0) is 16.0 Å². The summed E-state index contributed by atoms with van der Waals surface area (Å²) in [6, 6.07) is 8.27. The van der Waals surface area contributed by atoms with Gasteiger partial charge in [-0.1, -0.05) is 29.8 Å². The van der Waals surface area contributed by atoms with Crippen LogP contribution in [0.4, 0.5) is 0 Å². The van der Waals surface area contributed by atoms with Crippen LogP contribution in [0.25, 0.3) is 0 Å². The van der Waals surface area contributed by atoms with Crippen molar-refractivity contribution >= 4 is 23.6 Å². The molecule has 2 heterocycles. The van der Waals surface area contributed by atoms with Crippen LogP contribution in [-0.4, -0.2) is 65.5 Å². The lowest BCUT2D eigenvalue weighted by atomic mass is 10.1. The Bertz CT molecular complexity index is 594. The zero-order chi connectivity index (χ0) is 16.9. The molecule has 0 spiro atoms. The highest BCUT2D eigenvalue weighted by Crippen LogP contribution is 2.14. The Hall–Kier alpha value is -1.53. The Morgan fingerprint density at radius 3 is 2.62 bits per heavy atom. The molecule has 3 rings (SSSR count). The number of hydrogen-bond acceptors (Lipinski definition) is 4. The van der Waals surface area contributed by atoms with Gasteiger partial charge < -0.3 is 9.80 Å². The molecule has 1 unspecified atom stereocenters. The summed E-state index contributed by atoms with van der Waals surface area (Å²) in [6.45, 7) is 4.67. The van der Waals surface area contributed by atoms with Crippen LogP contribution in [0.1, 0.15) is 17.5 Å². The van der Waals surface area contributed by atoms with Crippen molar-refractivity contribution in [1.82, 2.24) is 15.1 Å². The van der Waals surface area contributed by atoms with Gasteiger partial charge in [0.1, 0.15) is 0 Å². The van der Waals surface area contributed by atoms with Crippen LogP contribution in [0.2, 0.25) is 0 Å². The first-order valence-electron chi connectivity index (χ1n) is 8.57. The van der Waals surface area contributed by atoms with Crippen molar-refractivity contribution in [1.29, 1.82) is 0 Å². The third kappa shape index (κ3) is 4.30. The first-order chi connectivity index (χ1) is 11.6. The minimum absolute atomic E-state index is 0.0430. The van der Waals surface area contributed by atoms with E-state index in [2.05, 4.69) is 30.4 Å². The first kappa shape index (κ1) is 17.3. The Balaban J connectivity index is 1.44. The summed E-state index contributed by atoms with van der Waals surface area (Å²) in [5, 5.41) is 3.22. The lowest BCUT2D eigenvalue weighted by Crippen LogP contribution is -2.54. The molecule has 0 saturated carbocycles. The van der Waals surface area contributed by atoms with E-state index in [0.29, 0.717) is 32.6 Å². The third-order valence-corrected chi connectivity index (χ3v) is 5.61. The second kappa shape index (κ2) is 8.03. The van der Waals surface area contributed by atoms with Crippen molar-refractivity contribution in [3.05, 3.63) is 35.4 Å². The maximum absolute atomic E-state index is 12.4. The highest BCUT2D eigenvalue weighted by molar-refractivity contribution is 7.99. The van der Waals surface area contributed by atoms with E-state index in [1.54, 1.807) is 11.8 Å². The van der Waals surface area contributed by atoms with Crippen molar-refractivity contribution < 1.29 is 9.59 Å². The summed E-state index contributed by atoms with van der Waals surface area (Å²) in [7, 11) is 0. The summed E-state index contributed by atoms with van der Waals surface area (Å²) in [5.41, 5.74) is 2.44. The molecule has 130 valence electrons. The quantitative estimate of drug-likeness (QED) is 0.891. The normalized spacial score (nSPS) is 21.1. The zero-order valence-electron chi connectivity index (χ0n) is 14.2. The van der Waals surface area contributed by atoms with Crippen molar-refractivity contribution in [3.63, 3.8) is 0 Å². The summed E-state index contributed by atoms with van der Waals surface area (Å²) >= 11 is 1.76. The van der Waals surface area contributed by atoms with Gasteiger partial charge in [-0.2, -0.15) is 0 Å². The standard InChI is InChI=1S/C18H25N3O2S/c1-14-3-2-4-15(11-14)5-6-17(22)20-7-9-21(10-8-20)18(23)16-12-24-13-19-16/h2-4,11,16,19H,5-10,12-13H2,1H3. The molecule has 5 nitrogen and oxygen atoms in total. The minimum atomic E-state index is -0.0430. The van der Waals surface area contributed by atoms with Gasteiger partial charge in [0.25, 0.3) is 0 Å². The number of rotatable bonds is 4. The van der Waals surface area contributed by atoms with Crippen molar-refractivity contribution in [2.45, 2.75) is 25.8 Å². The molecule has 2 fully saturated rings. The van der Waals surface area contributed by atoms with E-state index in [1.807, 2.05) is 15.9 Å². The predicted molar refractivity (Wildman–Crippen MR) is 96.9 cm³/mol. The molecule has 1 N–H and O–H groups in total. The highest BCUT2D eigenvalue weighted by Gasteiger charge is 2.30. The van der Waals surface area contributed by atoms with E-state index >= 15 is 0 Å². The van der Waals surface area contributed by atoms with E-state index in [4.69, 9.17) is 0 Å². The van der Waals surface area contributed by atoms with Crippen LogP contribution >= 0.6 is 11.8 Å². The highest BCUT2D eigenvalue weighted by atomic mass is 32.2. The fourth-order valence-corrected chi connectivity index (χ4v) is 4.16. The molecule has 2 aliphatic rings. The van der Waals surface area contributed by atoms with Gasteiger partial charge in [-0.15, -0.1) is 11.8 Å². The van der Waals surface area contributed by atoms with Gasteiger partial charge in [0.05, 0.1) is 6.04 Å². The molecule has 0 bridgehead atoms. The van der Waals surface area contributed by atoms with Gasteiger partial charge in [0, 0.05) is 44.2 Å². The predicted octanol–water partition coefficient (Wildman–Crippen LogP) is 1.26. The summed E-state index contributed by atoms with van der Waals surface area (Å²) in [5.74, 6) is 2.09. The van der Waals surface area contributed by atoms with Gasteiger partial charge in [-0.05, 0) is 18.9 Å². The maximum Gasteiger partial charge on any atom is 0.240 e.